The Labute approximate surface area is 156 Å². The highest BCUT2D eigenvalue weighted by molar-refractivity contribution is 5.78. The molecule has 0 unspecified atom stereocenters. The van der Waals surface area contributed by atoms with Gasteiger partial charge in [0.15, 0.2) is 0 Å². The van der Waals surface area contributed by atoms with E-state index >= 15 is 0 Å². The van der Waals surface area contributed by atoms with Crippen molar-refractivity contribution in [1.82, 2.24) is 29.6 Å². The van der Waals surface area contributed by atoms with E-state index in [0.717, 1.165) is 33.8 Å². The fourth-order valence-corrected chi connectivity index (χ4v) is 2.96. The lowest BCUT2D eigenvalue weighted by Crippen LogP contribution is -2.11. The van der Waals surface area contributed by atoms with E-state index in [4.69, 9.17) is 5.26 Å². The molecule has 0 saturated carbocycles. The van der Waals surface area contributed by atoms with E-state index in [2.05, 4.69) is 45.6 Å². The zero-order valence-electron chi connectivity index (χ0n) is 15.2. The first-order chi connectivity index (χ1) is 13.0. The molecule has 4 rings (SSSR count). The summed E-state index contributed by atoms with van der Waals surface area (Å²) < 4.78 is 3.45. The number of rotatable bonds is 4. The van der Waals surface area contributed by atoms with Gasteiger partial charge in [-0.25, -0.2) is 4.52 Å². The summed E-state index contributed by atoms with van der Waals surface area (Å²) in [7, 11) is 1.84. The van der Waals surface area contributed by atoms with Crippen molar-refractivity contribution >= 4 is 11.2 Å². The number of aryl methyl sites for hydroxylation is 1. The van der Waals surface area contributed by atoms with Crippen molar-refractivity contribution < 1.29 is 0 Å². The molecule has 4 heterocycles. The summed E-state index contributed by atoms with van der Waals surface area (Å²) in [6.07, 6.45) is 5.21. The summed E-state index contributed by atoms with van der Waals surface area (Å²) >= 11 is 0. The summed E-state index contributed by atoms with van der Waals surface area (Å²) in [5.74, 6) is 0. The van der Waals surface area contributed by atoms with Crippen molar-refractivity contribution in [2.24, 2.45) is 7.05 Å². The van der Waals surface area contributed by atoms with Crippen LogP contribution in [0.2, 0.25) is 0 Å². The molecule has 0 radical (unpaired) electrons. The fraction of sp³-hybridized carbons (Fsp3) is 0.211. The molecule has 4 aromatic heterocycles. The van der Waals surface area contributed by atoms with E-state index in [1.165, 1.54) is 0 Å². The Bertz CT molecular complexity index is 1160. The monoisotopic (exact) mass is 358 g/mol. The van der Waals surface area contributed by atoms with Crippen LogP contribution in [-0.4, -0.2) is 35.6 Å². The lowest BCUT2D eigenvalue weighted by molar-refractivity contribution is 0.715. The lowest BCUT2D eigenvalue weighted by atomic mass is 10.1. The van der Waals surface area contributed by atoms with Crippen LogP contribution in [0.25, 0.3) is 28.2 Å². The molecule has 4 aromatic rings. The standard InChI is InChI=1S/C19H18N8/c1-12(2)23-16-7-17(21-10-15(16)18-11-26(3)25-24-18)19-5-4-14-6-13(8-20)9-22-27(14)19/h4-7,9-12H,1-3H3,(H,21,23). The van der Waals surface area contributed by atoms with Gasteiger partial charge in [0.05, 0.1) is 34.9 Å². The van der Waals surface area contributed by atoms with Gasteiger partial charge in [0.2, 0.25) is 0 Å². The average molecular weight is 358 g/mol. The van der Waals surface area contributed by atoms with Crippen LogP contribution in [0.5, 0.6) is 0 Å². The third-order valence-corrected chi connectivity index (χ3v) is 4.12. The molecular formula is C19H18N8. The van der Waals surface area contributed by atoms with Gasteiger partial charge in [0, 0.05) is 30.5 Å². The molecule has 0 aromatic carbocycles. The number of nitriles is 1. The van der Waals surface area contributed by atoms with E-state index in [-0.39, 0.29) is 6.04 Å². The normalized spacial score (nSPS) is 11.1. The van der Waals surface area contributed by atoms with Gasteiger partial charge in [-0.05, 0) is 38.1 Å². The fourth-order valence-electron chi connectivity index (χ4n) is 2.96. The Morgan fingerprint density at radius 2 is 2.00 bits per heavy atom. The van der Waals surface area contributed by atoms with E-state index in [1.54, 1.807) is 27.7 Å². The van der Waals surface area contributed by atoms with Crippen LogP contribution in [0.15, 0.2) is 42.9 Å². The summed E-state index contributed by atoms with van der Waals surface area (Å²) in [6.45, 7) is 4.16. The number of nitrogens with zero attached hydrogens (tertiary/aromatic N) is 7. The second-order valence-corrected chi connectivity index (χ2v) is 6.60. The van der Waals surface area contributed by atoms with Gasteiger partial charge >= 0.3 is 0 Å². The number of nitrogens with one attached hydrogen (secondary N) is 1. The summed E-state index contributed by atoms with van der Waals surface area (Å²) in [5.41, 5.74) is 5.59. The van der Waals surface area contributed by atoms with Crippen molar-refractivity contribution in [3.63, 3.8) is 0 Å². The predicted molar refractivity (Wildman–Crippen MR) is 102 cm³/mol. The van der Waals surface area contributed by atoms with Gasteiger partial charge in [-0.1, -0.05) is 5.21 Å². The molecule has 27 heavy (non-hydrogen) atoms. The zero-order valence-corrected chi connectivity index (χ0v) is 15.2. The maximum absolute atomic E-state index is 9.05. The molecule has 0 aliphatic heterocycles. The van der Waals surface area contributed by atoms with Crippen LogP contribution in [-0.2, 0) is 7.05 Å². The van der Waals surface area contributed by atoms with Crippen LogP contribution in [0.3, 0.4) is 0 Å². The second-order valence-electron chi connectivity index (χ2n) is 6.60. The van der Waals surface area contributed by atoms with Crippen LogP contribution in [0.4, 0.5) is 5.69 Å². The number of hydrogen-bond donors (Lipinski definition) is 1. The van der Waals surface area contributed by atoms with Crippen LogP contribution in [0, 0.1) is 11.3 Å². The van der Waals surface area contributed by atoms with Gasteiger partial charge in [-0.3, -0.25) is 9.67 Å². The largest absolute Gasteiger partial charge is 0.382 e. The molecular weight excluding hydrogens is 340 g/mol. The molecule has 0 aliphatic rings. The maximum atomic E-state index is 9.05. The highest BCUT2D eigenvalue weighted by atomic mass is 15.4. The molecule has 0 fully saturated rings. The van der Waals surface area contributed by atoms with Gasteiger partial charge in [0.1, 0.15) is 11.8 Å². The van der Waals surface area contributed by atoms with Crippen molar-refractivity contribution in [2.75, 3.05) is 5.32 Å². The Balaban J connectivity index is 1.83. The first kappa shape index (κ1) is 16.7. The molecule has 8 nitrogen and oxygen atoms in total. The summed E-state index contributed by atoms with van der Waals surface area (Å²) in [6, 6.07) is 10.0. The topological polar surface area (TPSA) is 96.7 Å². The van der Waals surface area contributed by atoms with Crippen molar-refractivity contribution in [2.45, 2.75) is 19.9 Å². The second kappa shape index (κ2) is 6.53. The lowest BCUT2D eigenvalue weighted by Gasteiger charge is -2.14. The minimum atomic E-state index is 0.246. The van der Waals surface area contributed by atoms with Gasteiger partial charge in [-0.15, -0.1) is 5.10 Å². The number of fused-ring (bicyclic) bond motifs is 1. The van der Waals surface area contributed by atoms with E-state index in [1.807, 2.05) is 31.4 Å². The highest BCUT2D eigenvalue weighted by Crippen LogP contribution is 2.30. The first-order valence-electron chi connectivity index (χ1n) is 8.56. The molecule has 134 valence electrons. The van der Waals surface area contributed by atoms with Gasteiger partial charge in [0.25, 0.3) is 0 Å². The Morgan fingerprint density at radius 3 is 2.70 bits per heavy atom. The smallest absolute Gasteiger partial charge is 0.116 e. The number of anilines is 1. The predicted octanol–water partition coefficient (Wildman–Crippen LogP) is 2.88. The highest BCUT2D eigenvalue weighted by Gasteiger charge is 2.15. The first-order valence-corrected chi connectivity index (χ1v) is 8.56. The third-order valence-electron chi connectivity index (χ3n) is 4.12. The maximum Gasteiger partial charge on any atom is 0.116 e. The third kappa shape index (κ3) is 3.11. The molecule has 0 atom stereocenters. The number of hydrogen-bond acceptors (Lipinski definition) is 6. The van der Waals surface area contributed by atoms with Crippen LogP contribution < -0.4 is 5.32 Å². The summed E-state index contributed by atoms with van der Waals surface area (Å²) in [5, 5.41) is 25.1. The quantitative estimate of drug-likeness (QED) is 0.602. The van der Waals surface area contributed by atoms with Crippen molar-refractivity contribution in [1.29, 1.82) is 5.26 Å². The van der Waals surface area contributed by atoms with Crippen LogP contribution >= 0.6 is 0 Å². The zero-order chi connectivity index (χ0) is 19.0. The minimum absolute atomic E-state index is 0.246. The number of pyridine rings is 1. The molecule has 0 bridgehead atoms. The van der Waals surface area contributed by atoms with Gasteiger partial charge in [-0.2, -0.15) is 10.4 Å². The molecule has 1 N–H and O–H groups in total. The SMILES string of the molecule is CC(C)Nc1cc(-c2ccc3cc(C#N)cnn23)ncc1-c1cn(C)nn1. The van der Waals surface area contributed by atoms with Crippen molar-refractivity contribution in [3.8, 4) is 28.7 Å². The average Bonchev–Trinajstić information content (AvgIpc) is 3.26. The van der Waals surface area contributed by atoms with Crippen LogP contribution in [0.1, 0.15) is 19.4 Å². The molecule has 0 spiro atoms. The number of aromatic nitrogens is 6. The molecule has 0 amide bonds. The van der Waals surface area contributed by atoms with Crippen molar-refractivity contribution in [3.05, 3.63) is 48.4 Å². The van der Waals surface area contributed by atoms with E-state index < -0.39 is 0 Å². The Morgan fingerprint density at radius 1 is 1.15 bits per heavy atom. The summed E-state index contributed by atoms with van der Waals surface area (Å²) in [4.78, 5) is 4.62. The van der Waals surface area contributed by atoms with E-state index in [9.17, 15) is 0 Å². The van der Waals surface area contributed by atoms with Gasteiger partial charge < -0.3 is 5.32 Å². The minimum Gasteiger partial charge on any atom is -0.382 e. The van der Waals surface area contributed by atoms with E-state index in [0.29, 0.717) is 5.56 Å². The Hall–Kier alpha value is -3.73. The Kier molecular flexibility index (Phi) is 4.05. The molecule has 8 heteroatoms. The molecule has 0 saturated heterocycles. The molecule has 0 aliphatic carbocycles.